The molecule has 0 aliphatic rings. The standard InChI is InChI=1S/C17H18N2O4/c1-13-9-10-14(12-16(13)19(21)22)18-17(20)8-5-11-23-15-6-3-2-4-7-15/h2-4,6-7,9-10,12H,5,8,11H2,1H3,(H,18,20). The molecule has 0 unspecified atom stereocenters. The lowest BCUT2D eigenvalue weighted by molar-refractivity contribution is -0.385. The van der Waals surface area contributed by atoms with Crippen molar-refractivity contribution in [3.8, 4) is 5.75 Å². The number of aryl methyl sites for hydroxylation is 1. The van der Waals surface area contributed by atoms with E-state index < -0.39 is 4.92 Å². The van der Waals surface area contributed by atoms with Crippen LogP contribution in [-0.2, 0) is 4.79 Å². The molecule has 0 aliphatic carbocycles. The van der Waals surface area contributed by atoms with Gasteiger partial charge in [0, 0.05) is 23.7 Å². The van der Waals surface area contributed by atoms with Crippen LogP contribution in [0.2, 0.25) is 0 Å². The number of carbonyl (C=O) groups is 1. The van der Waals surface area contributed by atoms with Gasteiger partial charge in [0.1, 0.15) is 5.75 Å². The second-order valence-corrected chi connectivity index (χ2v) is 5.07. The number of ether oxygens (including phenoxy) is 1. The minimum atomic E-state index is -0.460. The highest BCUT2D eigenvalue weighted by molar-refractivity contribution is 5.91. The molecule has 0 radical (unpaired) electrons. The fourth-order valence-corrected chi connectivity index (χ4v) is 2.05. The molecule has 23 heavy (non-hydrogen) atoms. The Balaban J connectivity index is 1.79. The van der Waals surface area contributed by atoms with E-state index >= 15 is 0 Å². The molecule has 0 aromatic heterocycles. The molecule has 0 fully saturated rings. The summed E-state index contributed by atoms with van der Waals surface area (Å²) < 4.78 is 5.50. The van der Waals surface area contributed by atoms with Crippen molar-refractivity contribution in [2.45, 2.75) is 19.8 Å². The van der Waals surface area contributed by atoms with Gasteiger partial charge in [-0.15, -0.1) is 0 Å². The summed E-state index contributed by atoms with van der Waals surface area (Å²) in [6, 6.07) is 14.0. The fraction of sp³-hybridized carbons (Fsp3) is 0.235. The monoisotopic (exact) mass is 314 g/mol. The maximum Gasteiger partial charge on any atom is 0.274 e. The Morgan fingerprint density at radius 2 is 1.96 bits per heavy atom. The lowest BCUT2D eigenvalue weighted by Crippen LogP contribution is -2.13. The van der Waals surface area contributed by atoms with Gasteiger partial charge in [0.25, 0.3) is 5.69 Å². The van der Waals surface area contributed by atoms with Crippen LogP contribution in [0.3, 0.4) is 0 Å². The van der Waals surface area contributed by atoms with Gasteiger partial charge in [-0.25, -0.2) is 0 Å². The summed E-state index contributed by atoms with van der Waals surface area (Å²) in [6.07, 6.45) is 0.850. The molecule has 0 saturated heterocycles. The Morgan fingerprint density at radius 1 is 1.22 bits per heavy atom. The first-order valence-corrected chi connectivity index (χ1v) is 7.29. The van der Waals surface area contributed by atoms with Gasteiger partial charge < -0.3 is 10.1 Å². The average Bonchev–Trinajstić information content (AvgIpc) is 2.54. The van der Waals surface area contributed by atoms with E-state index in [4.69, 9.17) is 4.74 Å². The molecular weight excluding hydrogens is 296 g/mol. The molecule has 1 amide bonds. The minimum absolute atomic E-state index is 0.00443. The SMILES string of the molecule is Cc1ccc(NC(=O)CCCOc2ccccc2)cc1[N+](=O)[O-]. The largest absolute Gasteiger partial charge is 0.494 e. The van der Waals surface area contributed by atoms with E-state index in [0.29, 0.717) is 24.3 Å². The van der Waals surface area contributed by atoms with E-state index in [1.54, 1.807) is 19.1 Å². The van der Waals surface area contributed by atoms with Crippen LogP contribution in [0.1, 0.15) is 18.4 Å². The van der Waals surface area contributed by atoms with Gasteiger partial charge >= 0.3 is 0 Å². The zero-order valence-corrected chi connectivity index (χ0v) is 12.8. The van der Waals surface area contributed by atoms with Crippen molar-refractivity contribution in [1.29, 1.82) is 0 Å². The molecule has 0 spiro atoms. The molecule has 0 aliphatic heterocycles. The highest BCUT2D eigenvalue weighted by Crippen LogP contribution is 2.22. The molecule has 120 valence electrons. The van der Waals surface area contributed by atoms with Crippen LogP contribution in [0.25, 0.3) is 0 Å². The van der Waals surface area contributed by atoms with Crippen molar-refractivity contribution < 1.29 is 14.5 Å². The zero-order chi connectivity index (χ0) is 16.7. The summed E-state index contributed by atoms with van der Waals surface area (Å²) in [5.41, 5.74) is 0.982. The normalized spacial score (nSPS) is 10.1. The predicted molar refractivity (Wildman–Crippen MR) is 87.6 cm³/mol. The molecule has 6 heteroatoms. The lowest BCUT2D eigenvalue weighted by atomic mass is 10.2. The number of hydrogen-bond acceptors (Lipinski definition) is 4. The van der Waals surface area contributed by atoms with Crippen LogP contribution in [0, 0.1) is 17.0 Å². The molecule has 1 N–H and O–H groups in total. The summed E-state index contributed by atoms with van der Waals surface area (Å²) in [4.78, 5) is 22.3. The van der Waals surface area contributed by atoms with Gasteiger partial charge in [-0.2, -0.15) is 0 Å². The predicted octanol–water partition coefficient (Wildman–Crippen LogP) is 3.70. The number of hydrogen-bond donors (Lipinski definition) is 1. The Morgan fingerprint density at radius 3 is 2.65 bits per heavy atom. The Kier molecular flexibility index (Phi) is 5.68. The first-order valence-electron chi connectivity index (χ1n) is 7.29. The lowest BCUT2D eigenvalue weighted by Gasteiger charge is -2.07. The van der Waals surface area contributed by atoms with Gasteiger partial charge in [-0.1, -0.05) is 24.3 Å². The van der Waals surface area contributed by atoms with Crippen LogP contribution < -0.4 is 10.1 Å². The summed E-state index contributed by atoms with van der Waals surface area (Å²) in [7, 11) is 0. The van der Waals surface area contributed by atoms with Crippen LogP contribution >= 0.6 is 0 Å². The number of nitro benzene ring substituents is 1. The van der Waals surface area contributed by atoms with Gasteiger partial charge in [0.05, 0.1) is 11.5 Å². The summed E-state index contributed by atoms with van der Waals surface area (Å²) >= 11 is 0. The Bertz CT molecular complexity index is 686. The number of rotatable bonds is 7. The quantitative estimate of drug-likeness (QED) is 0.480. The van der Waals surface area contributed by atoms with Crippen molar-refractivity contribution in [3.05, 3.63) is 64.2 Å². The molecule has 6 nitrogen and oxygen atoms in total. The first-order chi connectivity index (χ1) is 11.1. The molecule has 2 aromatic rings. The van der Waals surface area contributed by atoms with E-state index in [1.807, 2.05) is 30.3 Å². The number of nitrogens with one attached hydrogen (secondary N) is 1. The Hall–Kier alpha value is -2.89. The number of carbonyl (C=O) groups excluding carboxylic acids is 1. The van der Waals surface area contributed by atoms with Crippen molar-refractivity contribution in [2.24, 2.45) is 0 Å². The maximum absolute atomic E-state index is 11.9. The molecule has 0 atom stereocenters. The van der Waals surface area contributed by atoms with Gasteiger partial charge in [-0.3, -0.25) is 14.9 Å². The summed E-state index contributed by atoms with van der Waals surface area (Å²) in [6.45, 7) is 2.09. The molecule has 0 bridgehead atoms. The third kappa shape index (κ3) is 5.10. The van der Waals surface area contributed by atoms with Crippen LogP contribution in [0.5, 0.6) is 5.75 Å². The Labute approximate surface area is 134 Å². The van der Waals surface area contributed by atoms with Crippen molar-refractivity contribution in [3.63, 3.8) is 0 Å². The minimum Gasteiger partial charge on any atom is -0.494 e. The number of para-hydroxylation sites is 1. The number of amides is 1. The van der Waals surface area contributed by atoms with E-state index in [2.05, 4.69) is 5.32 Å². The van der Waals surface area contributed by atoms with Crippen LogP contribution in [0.15, 0.2) is 48.5 Å². The maximum atomic E-state index is 11.9. The summed E-state index contributed by atoms with van der Waals surface area (Å²) in [5.74, 6) is 0.571. The second kappa shape index (κ2) is 7.93. The van der Waals surface area contributed by atoms with E-state index in [1.165, 1.54) is 6.07 Å². The third-order valence-electron chi connectivity index (χ3n) is 3.25. The third-order valence-corrected chi connectivity index (χ3v) is 3.25. The molecule has 2 rings (SSSR count). The highest BCUT2D eigenvalue weighted by Gasteiger charge is 2.12. The van der Waals surface area contributed by atoms with E-state index in [0.717, 1.165) is 5.75 Å². The molecule has 0 heterocycles. The topological polar surface area (TPSA) is 81.5 Å². The van der Waals surface area contributed by atoms with E-state index in [-0.39, 0.29) is 18.0 Å². The van der Waals surface area contributed by atoms with Gasteiger partial charge in [-0.05, 0) is 31.5 Å². The molecule has 2 aromatic carbocycles. The van der Waals surface area contributed by atoms with Crippen molar-refractivity contribution in [1.82, 2.24) is 0 Å². The fourth-order valence-electron chi connectivity index (χ4n) is 2.05. The number of anilines is 1. The number of nitrogens with zero attached hydrogens (tertiary/aromatic N) is 1. The second-order valence-electron chi connectivity index (χ2n) is 5.07. The average molecular weight is 314 g/mol. The summed E-state index contributed by atoms with van der Waals surface area (Å²) in [5, 5.41) is 13.5. The molecular formula is C17H18N2O4. The van der Waals surface area contributed by atoms with Gasteiger partial charge in [0.15, 0.2) is 0 Å². The smallest absolute Gasteiger partial charge is 0.274 e. The number of nitro groups is 1. The van der Waals surface area contributed by atoms with E-state index in [9.17, 15) is 14.9 Å². The van der Waals surface area contributed by atoms with Gasteiger partial charge in [0.2, 0.25) is 5.91 Å². The van der Waals surface area contributed by atoms with Crippen LogP contribution in [0.4, 0.5) is 11.4 Å². The zero-order valence-electron chi connectivity index (χ0n) is 12.8. The van der Waals surface area contributed by atoms with Crippen molar-refractivity contribution >= 4 is 17.3 Å². The first kappa shape index (κ1) is 16.5. The van der Waals surface area contributed by atoms with Crippen LogP contribution in [-0.4, -0.2) is 17.4 Å². The molecule has 0 saturated carbocycles. The highest BCUT2D eigenvalue weighted by atomic mass is 16.6. The van der Waals surface area contributed by atoms with Crippen molar-refractivity contribution in [2.75, 3.05) is 11.9 Å². The number of benzene rings is 2.